The lowest BCUT2D eigenvalue weighted by Gasteiger charge is -2.16. The molecule has 11 nitrogen and oxygen atoms in total. The third kappa shape index (κ3) is 7.87. The summed E-state index contributed by atoms with van der Waals surface area (Å²) in [6.45, 7) is 1.87. The molecule has 7 N–H and O–H groups in total. The van der Waals surface area contributed by atoms with E-state index in [1.807, 2.05) is 19.1 Å². The highest BCUT2D eigenvalue weighted by Crippen LogP contribution is 2.27. The van der Waals surface area contributed by atoms with Crippen molar-refractivity contribution in [1.82, 2.24) is 16.1 Å². The number of hydrogen-bond donors (Lipinski definition) is 6. The van der Waals surface area contributed by atoms with E-state index in [9.17, 15) is 19.5 Å². The lowest BCUT2D eigenvalue weighted by atomic mass is 9.99. The number of nitrogen functional groups attached to an aromatic ring is 1. The molecule has 0 aliphatic carbocycles. The monoisotopic (exact) mass is 435 g/mol. The Morgan fingerprint density at radius 3 is 2.68 bits per heavy atom. The van der Waals surface area contributed by atoms with Crippen LogP contribution in [0.3, 0.4) is 0 Å². The number of benzene rings is 1. The number of rotatable bonds is 11. The minimum Gasteiger partial charge on any atom is -0.480 e. The molecule has 1 saturated heterocycles. The standard InChI is InChI=1S/C20H29N5O6/c1-2-3-8-30-20(29)24-16(19(27)28)11-23-17(26)10-14-9-15(25-31-14)12-4-6-13(7-5-12)18(21)22/h4-7,14-16,25H,2-3,8-11H2,1H3,(H3,21,22)(H,23,26)(H,24,29)(H,27,28)/t14-,15-,16?/m0/s1. The molecule has 0 aromatic heterocycles. The molecule has 3 atom stereocenters. The van der Waals surface area contributed by atoms with Crippen LogP contribution in [0.5, 0.6) is 0 Å². The summed E-state index contributed by atoms with van der Waals surface area (Å²) >= 11 is 0. The third-order valence-corrected chi connectivity index (χ3v) is 4.74. The number of ether oxygens (including phenoxy) is 1. The van der Waals surface area contributed by atoms with Gasteiger partial charge in [0.1, 0.15) is 11.9 Å². The predicted molar refractivity (Wildman–Crippen MR) is 111 cm³/mol. The number of nitrogens with one attached hydrogen (secondary N) is 4. The highest BCUT2D eigenvalue weighted by Gasteiger charge is 2.29. The van der Waals surface area contributed by atoms with Crippen LogP contribution in [0.2, 0.25) is 0 Å². The number of alkyl carbamates (subject to hydrolysis) is 1. The Labute approximate surface area is 180 Å². The number of nitrogens with two attached hydrogens (primary N) is 1. The molecule has 0 radical (unpaired) electrons. The van der Waals surface area contributed by atoms with Gasteiger partial charge in [-0.2, -0.15) is 5.48 Å². The molecular formula is C20H29N5O6. The van der Waals surface area contributed by atoms with Gasteiger partial charge < -0.3 is 26.2 Å². The van der Waals surface area contributed by atoms with Crippen molar-refractivity contribution in [2.24, 2.45) is 5.73 Å². The molecule has 2 amide bonds. The topological polar surface area (TPSA) is 176 Å². The second-order valence-electron chi connectivity index (χ2n) is 7.21. The van der Waals surface area contributed by atoms with Crippen molar-refractivity contribution in [1.29, 1.82) is 5.41 Å². The van der Waals surface area contributed by atoms with Gasteiger partial charge in [0, 0.05) is 12.1 Å². The van der Waals surface area contributed by atoms with Gasteiger partial charge in [-0.15, -0.1) is 0 Å². The molecule has 0 bridgehead atoms. The van der Waals surface area contributed by atoms with Gasteiger partial charge in [0.05, 0.1) is 25.2 Å². The lowest BCUT2D eigenvalue weighted by molar-refractivity contribution is -0.139. The second kappa shape index (κ2) is 11.9. The van der Waals surface area contributed by atoms with Crippen molar-refractivity contribution in [3.05, 3.63) is 35.4 Å². The lowest BCUT2D eigenvalue weighted by Crippen LogP contribution is -2.48. The molecule has 0 saturated carbocycles. The summed E-state index contributed by atoms with van der Waals surface area (Å²) in [4.78, 5) is 40.6. The number of hydrogen-bond acceptors (Lipinski definition) is 7. The first-order chi connectivity index (χ1) is 14.8. The smallest absolute Gasteiger partial charge is 0.407 e. The summed E-state index contributed by atoms with van der Waals surface area (Å²) in [5.74, 6) is -1.69. The molecule has 170 valence electrons. The SMILES string of the molecule is CCCCOC(=O)NC(CNC(=O)C[C@@H]1C[C@@H](c2ccc(C(=N)N)cc2)NO1)C(=O)O. The van der Waals surface area contributed by atoms with E-state index < -0.39 is 30.1 Å². The molecule has 1 aliphatic rings. The molecule has 1 aromatic carbocycles. The van der Waals surface area contributed by atoms with E-state index in [-0.39, 0.29) is 31.4 Å². The first kappa shape index (κ1) is 24.1. The zero-order valence-electron chi connectivity index (χ0n) is 17.3. The van der Waals surface area contributed by atoms with Crippen molar-refractivity contribution < 1.29 is 29.1 Å². The fraction of sp³-hybridized carbons (Fsp3) is 0.500. The Bertz CT molecular complexity index is 785. The normalized spacial score (nSPS) is 18.7. The summed E-state index contributed by atoms with van der Waals surface area (Å²) < 4.78 is 4.88. The van der Waals surface area contributed by atoms with Gasteiger partial charge in [-0.3, -0.25) is 15.0 Å². The van der Waals surface area contributed by atoms with Crippen molar-refractivity contribution in [2.45, 2.75) is 50.8 Å². The van der Waals surface area contributed by atoms with E-state index in [4.69, 9.17) is 20.7 Å². The Hall–Kier alpha value is -3.18. The molecule has 1 aliphatic heterocycles. The molecule has 1 unspecified atom stereocenters. The van der Waals surface area contributed by atoms with Crippen LogP contribution in [0.1, 0.15) is 49.8 Å². The fourth-order valence-electron chi connectivity index (χ4n) is 2.95. The first-order valence-electron chi connectivity index (χ1n) is 10.1. The Kier molecular flexibility index (Phi) is 9.22. The van der Waals surface area contributed by atoms with E-state index in [2.05, 4.69) is 16.1 Å². The van der Waals surface area contributed by atoms with Crippen LogP contribution >= 0.6 is 0 Å². The summed E-state index contributed by atoms with van der Waals surface area (Å²) in [5, 5.41) is 21.4. The van der Waals surface area contributed by atoms with Crippen LogP contribution in [0.15, 0.2) is 24.3 Å². The number of amidine groups is 1. The second-order valence-corrected chi connectivity index (χ2v) is 7.21. The van der Waals surface area contributed by atoms with Crippen molar-refractivity contribution in [2.75, 3.05) is 13.2 Å². The highest BCUT2D eigenvalue weighted by molar-refractivity contribution is 5.94. The maximum atomic E-state index is 12.2. The van der Waals surface area contributed by atoms with Crippen LogP contribution in [-0.4, -0.2) is 54.2 Å². The summed E-state index contributed by atoms with van der Waals surface area (Å²) in [6.07, 6.45) is 0.859. The third-order valence-electron chi connectivity index (χ3n) is 4.74. The number of unbranched alkanes of at least 4 members (excludes halogenated alkanes) is 1. The average Bonchev–Trinajstić information content (AvgIpc) is 3.19. The van der Waals surface area contributed by atoms with E-state index >= 15 is 0 Å². The summed E-state index contributed by atoms with van der Waals surface area (Å²) in [7, 11) is 0. The summed E-state index contributed by atoms with van der Waals surface area (Å²) in [6, 6.07) is 5.74. The van der Waals surface area contributed by atoms with Gasteiger partial charge >= 0.3 is 12.1 Å². The Balaban J connectivity index is 1.76. The zero-order valence-corrected chi connectivity index (χ0v) is 17.3. The van der Waals surface area contributed by atoms with Gasteiger partial charge in [-0.1, -0.05) is 37.6 Å². The van der Waals surface area contributed by atoms with Gasteiger partial charge in [0.15, 0.2) is 0 Å². The van der Waals surface area contributed by atoms with Crippen LogP contribution in [0.25, 0.3) is 0 Å². The molecule has 1 aromatic rings. The van der Waals surface area contributed by atoms with E-state index in [1.54, 1.807) is 12.1 Å². The van der Waals surface area contributed by atoms with Crippen LogP contribution in [-0.2, 0) is 19.2 Å². The molecule has 2 rings (SSSR count). The number of carboxylic acids is 1. The van der Waals surface area contributed by atoms with E-state index in [0.717, 1.165) is 12.0 Å². The molecule has 31 heavy (non-hydrogen) atoms. The maximum Gasteiger partial charge on any atom is 0.407 e. The minimum absolute atomic E-state index is 0.0138. The Morgan fingerprint density at radius 1 is 1.35 bits per heavy atom. The van der Waals surface area contributed by atoms with Gasteiger partial charge in [-0.05, 0) is 18.4 Å². The highest BCUT2D eigenvalue weighted by atomic mass is 16.7. The number of amides is 2. The van der Waals surface area contributed by atoms with Crippen molar-refractivity contribution >= 4 is 23.8 Å². The van der Waals surface area contributed by atoms with Gasteiger partial charge in [-0.25, -0.2) is 9.59 Å². The van der Waals surface area contributed by atoms with Crippen molar-refractivity contribution in [3.8, 4) is 0 Å². The predicted octanol–water partition coefficient (Wildman–Crippen LogP) is 0.791. The average molecular weight is 435 g/mol. The molecule has 11 heteroatoms. The molecule has 1 heterocycles. The van der Waals surface area contributed by atoms with Crippen LogP contribution in [0, 0.1) is 5.41 Å². The summed E-state index contributed by atoms with van der Waals surface area (Å²) in [5.41, 5.74) is 9.88. The maximum absolute atomic E-state index is 12.2. The van der Waals surface area contributed by atoms with Crippen LogP contribution in [0.4, 0.5) is 4.79 Å². The largest absolute Gasteiger partial charge is 0.480 e. The Morgan fingerprint density at radius 2 is 2.06 bits per heavy atom. The quantitative estimate of drug-likeness (QED) is 0.168. The zero-order chi connectivity index (χ0) is 22.8. The van der Waals surface area contributed by atoms with Crippen molar-refractivity contribution in [3.63, 3.8) is 0 Å². The number of carbonyl (C=O) groups excluding carboxylic acids is 2. The number of hydroxylamine groups is 1. The van der Waals surface area contributed by atoms with Crippen LogP contribution < -0.4 is 21.8 Å². The number of aliphatic carboxylic acids is 1. The molecule has 0 spiro atoms. The van der Waals surface area contributed by atoms with Gasteiger partial charge in [0.25, 0.3) is 0 Å². The number of carboxylic acid groups (broad SMARTS) is 1. The van der Waals surface area contributed by atoms with E-state index in [0.29, 0.717) is 18.4 Å². The fourth-order valence-corrected chi connectivity index (χ4v) is 2.95. The molecule has 1 fully saturated rings. The molecular weight excluding hydrogens is 406 g/mol. The first-order valence-corrected chi connectivity index (χ1v) is 10.1. The minimum atomic E-state index is -1.30. The van der Waals surface area contributed by atoms with E-state index in [1.165, 1.54) is 0 Å². The van der Waals surface area contributed by atoms with Gasteiger partial charge in [0.2, 0.25) is 5.91 Å². The number of carbonyl (C=O) groups is 3.